The molecule has 0 saturated heterocycles. The van der Waals surface area contributed by atoms with Gasteiger partial charge in [-0.15, -0.1) is 0 Å². The van der Waals surface area contributed by atoms with Crippen LogP contribution in [0, 0.1) is 0 Å². The van der Waals surface area contributed by atoms with Crippen molar-refractivity contribution >= 4 is 6.29 Å². The Morgan fingerprint density at radius 1 is 1.73 bits per heavy atom. The third-order valence-electron chi connectivity index (χ3n) is 1.79. The minimum atomic E-state index is -0.203. The summed E-state index contributed by atoms with van der Waals surface area (Å²) >= 11 is 0. The fourth-order valence-electron chi connectivity index (χ4n) is 1.21. The van der Waals surface area contributed by atoms with Gasteiger partial charge in [-0.1, -0.05) is 0 Å². The average Bonchev–Trinajstić information content (AvgIpc) is 2.47. The Kier molecular flexibility index (Phi) is 1.40. The van der Waals surface area contributed by atoms with E-state index in [1.807, 2.05) is 0 Å². The SMILES string of the molecule is O=CC1NCc2ncncc21. The number of nitrogens with one attached hydrogen (secondary N) is 1. The third-order valence-corrected chi connectivity index (χ3v) is 1.79. The number of carbonyl (C=O) groups is 1. The van der Waals surface area contributed by atoms with E-state index in [1.54, 1.807) is 6.20 Å². The molecule has 0 bridgehead atoms. The first-order chi connectivity index (χ1) is 5.42. The summed E-state index contributed by atoms with van der Waals surface area (Å²) in [7, 11) is 0. The molecule has 1 atom stereocenters. The number of rotatable bonds is 1. The Morgan fingerprint density at radius 2 is 2.64 bits per heavy atom. The van der Waals surface area contributed by atoms with Gasteiger partial charge in [-0.2, -0.15) is 0 Å². The summed E-state index contributed by atoms with van der Waals surface area (Å²) < 4.78 is 0. The van der Waals surface area contributed by atoms with E-state index in [2.05, 4.69) is 15.3 Å². The van der Waals surface area contributed by atoms with Crippen LogP contribution < -0.4 is 5.32 Å². The molecule has 0 saturated carbocycles. The number of fused-ring (bicyclic) bond motifs is 1. The fourth-order valence-corrected chi connectivity index (χ4v) is 1.21. The van der Waals surface area contributed by atoms with E-state index in [0.717, 1.165) is 17.5 Å². The van der Waals surface area contributed by atoms with E-state index in [0.29, 0.717) is 6.54 Å². The smallest absolute Gasteiger partial charge is 0.141 e. The van der Waals surface area contributed by atoms with Crippen LogP contribution in [0.15, 0.2) is 12.5 Å². The first-order valence-corrected chi connectivity index (χ1v) is 3.39. The van der Waals surface area contributed by atoms with Gasteiger partial charge in [0.25, 0.3) is 0 Å². The van der Waals surface area contributed by atoms with Crippen molar-refractivity contribution in [2.45, 2.75) is 12.6 Å². The van der Waals surface area contributed by atoms with Crippen molar-refractivity contribution in [2.75, 3.05) is 0 Å². The van der Waals surface area contributed by atoms with Gasteiger partial charge in [0.15, 0.2) is 0 Å². The topological polar surface area (TPSA) is 54.9 Å². The lowest BCUT2D eigenvalue weighted by molar-refractivity contribution is -0.109. The molecule has 0 fully saturated rings. The molecule has 1 aliphatic rings. The molecule has 1 aromatic heterocycles. The fraction of sp³-hybridized carbons (Fsp3) is 0.286. The molecular weight excluding hydrogens is 142 g/mol. The van der Waals surface area contributed by atoms with Crippen molar-refractivity contribution in [2.24, 2.45) is 0 Å². The number of nitrogens with zero attached hydrogens (tertiary/aromatic N) is 2. The van der Waals surface area contributed by atoms with E-state index < -0.39 is 0 Å². The maximum absolute atomic E-state index is 10.5. The molecule has 0 aliphatic carbocycles. The van der Waals surface area contributed by atoms with Crippen LogP contribution in [0.25, 0.3) is 0 Å². The summed E-state index contributed by atoms with van der Waals surface area (Å²) in [4.78, 5) is 18.3. The van der Waals surface area contributed by atoms with E-state index in [9.17, 15) is 4.79 Å². The lowest BCUT2D eigenvalue weighted by atomic mass is 10.2. The molecular formula is C7H7N3O. The predicted molar refractivity (Wildman–Crippen MR) is 37.7 cm³/mol. The summed E-state index contributed by atoms with van der Waals surface area (Å²) in [6.45, 7) is 0.668. The lowest BCUT2D eigenvalue weighted by Gasteiger charge is -1.99. The molecule has 2 rings (SSSR count). The van der Waals surface area contributed by atoms with Crippen molar-refractivity contribution in [3.8, 4) is 0 Å². The highest BCUT2D eigenvalue weighted by Gasteiger charge is 2.21. The number of hydrogen-bond donors (Lipinski definition) is 1. The van der Waals surface area contributed by atoms with Crippen LogP contribution in [0.5, 0.6) is 0 Å². The molecule has 56 valence electrons. The molecule has 0 radical (unpaired) electrons. The molecule has 2 heterocycles. The number of carbonyl (C=O) groups excluding carboxylic acids is 1. The zero-order valence-corrected chi connectivity index (χ0v) is 5.82. The van der Waals surface area contributed by atoms with Gasteiger partial charge >= 0.3 is 0 Å². The van der Waals surface area contributed by atoms with Crippen LogP contribution in [0.1, 0.15) is 17.3 Å². The molecule has 0 spiro atoms. The summed E-state index contributed by atoms with van der Waals surface area (Å²) in [6.07, 6.45) is 4.05. The van der Waals surface area contributed by atoms with Crippen molar-refractivity contribution in [1.82, 2.24) is 15.3 Å². The van der Waals surface area contributed by atoms with Crippen molar-refractivity contribution in [3.05, 3.63) is 23.8 Å². The normalized spacial score (nSPS) is 21.3. The van der Waals surface area contributed by atoms with Crippen LogP contribution in [0.4, 0.5) is 0 Å². The Morgan fingerprint density at radius 3 is 3.45 bits per heavy atom. The maximum atomic E-state index is 10.5. The van der Waals surface area contributed by atoms with E-state index >= 15 is 0 Å². The van der Waals surface area contributed by atoms with Gasteiger partial charge < -0.3 is 4.79 Å². The molecule has 0 aromatic carbocycles. The highest BCUT2D eigenvalue weighted by Crippen LogP contribution is 2.19. The van der Waals surface area contributed by atoms with Crippen LogP contribution >= 0.6 is 0 Å². The summed E-state index contributed by atoms with van der Waals surface area (Å²) in [5.41, 5.74) is 1.83. The first-order valence-electron chi connectivity index (χ1n) is 3.39. The van der Waals surface area contributed by atoms with E-state index in [1.165, 1.54) is 6.33 Å². The van der Waals surface area contributed by atoms with Gasteiger partial charge in [0.05, 0.1) is 11.7 Å². The Balaban J connectivity index is 2.46. The average molecular weight is 149 g/mol. The monoisotopic (exact) mass is 149 g/mol. The highest BCUT2D eigenvalue weighted by molar-refractivity contribution is 5.63. The number of aromatic nitrogens is 2. The second-order valence-electron chi connectivity index (χ2n) is 2.42. The summed E-state index contributed by atoms with van der Waals surface area (Å²) in [6, 6.07) is -0.203. The molecule has 11 heavy (non-hydrogen) atoms. The van der Waals surface area contributed by atoms with Crippen LogP contribution in [0.2, 0.25) is 0 Å². The molecule has 1 aliphatic heterocycles. The highest BCUT2D eigenvalue weighted by atomic mass is 16.1. The Bertz CT molecular complexity index is 287. The van der Waals surface area contributed by atoms with E-state index in [4.69, 9.17) is 0 Å². The second-order valence-corrected chi connectivity index (χ2v) is 2.42. The molecule has 4 heteroatoms. The Hall–Kier alpha value is -1.29. The lowest BCUT2D eigenvalue weighted by Crippen LogP contribution is -2.12. The van der Waals surface area contributed by atoms with E-state index in [-0.39, 0.29) is 6.04 Å². The maximum Gasteiger partial charge on any atom is 0.141 e. The number of hydrogen-bond acceptors (Lipinski definition) is 4. The zero-order valence-electron chi connectivity index (χ0n) is 5.82. The van der Waals surface area contributed by atoms with Gasteiger partial charge in [0.1, 0.15) is 12.6 Å². The second kappa shape index (κ2) is 2.39. The van der Waals surface area contributed by atoms with Gasteiger partial charge in [-0.3, -0.25) is 5.32 Å². The third kappa shape index (κ3) is 0.914. The predicted octanol–water partition coefficient (Wildman–Crippen LogP) is -0.180. The van der Waals surface area contributed by atoms with Gasteiger partial charge in [-0.05, 0) is 0 Å². The van der Waals surface area contributed by atoms with Crippen LogP contribution in [-0.2, 0) is 11.3 Å². The zero-order chi connectivity index (χ0) is 7.68. The Labute approximate surface area is 63.7 Å². The molecule has 1 N–H and O–H groups in total. The summed E-state index contributed by atoms with van der Waals surface area (Å²) in [5, 5.41) is 3.00. The van der Waals surface area contributed by atoms with Crippen LogP contribution in [0.3, 0.4) is 0 Å². The van der Waals surface area contributed by atoms with Crippen LogP contribution in [-0.4, -0.2) is 16.3 Å². The quantitative estimate of drug-likeness (QED) is 0.563. The number of aldehydes is 1. The first kappa shape index (κ1) is 6.42. The van der Waals surface area contributed by atoms with Crippen molar-refractivity contribution in [3.63, 3.8) is 0 Å². The van der Waals surface area contributed by atoms with Crippen molar-refractivity contribution in [1.29, 1.82) is 0 Å². The molecule has 4 nitrogen and oxygen atoms in total. The van der Waals surface area contributed by atoms with Gasteiger partial charge in [0.2, 0.25) is 0 Å². The molecule has 1 aromatic rings. The molecule has 0 amide bonds. The summed E-state index contributed by atoms with van der Waals surface area (Å²) in [5.74, 6) is 0. The van der Waals surface area contributed by atoms with Gasteiger partial charge in [-0.25, -0.2) is 9.97 Å². The largest absolute Gasteiger partial charge is 0.301 e. The van der Waals surface area contributed by atoms with Crippen molar-refractivity contribution < 1.29 is 4.79 Å². The molecule has 1 unspecified atom stereocenters. The van der Waals surface area contributed by atoms with Gasteiger partial charge in [0, 0.05) is 18.3 Å². The standard InChI is InChI=1S/C7H7N3O/c11-3-7-5-1-8-4-10-6(5)2-9-7/h1,3-4,7,9H,2H2. The minimum absolute atomic E-state index is 0.203. The minimum Gasteiger partial charge on any atom is -0.301 e.